The van der Waals surface area contributed by atoms with Crippen LogP contribution >= 0.6 is 0 Å². The van der Waals surface area contributed by atoms with E-state index in [1.807, 2.05) is 0 Å². The molecule has 0 aromatic rings. The Morgan fingerprint density at radius 2 is 1.20 bits per heavy atom. The molecule has 0 aromatic carbocycles. The SMILES string of the molecule is CCCCCCCCCCCC[Se][C@@H]1OC(CO)[C@@H](O[C@H]2OC(CO)[C@@H](O)[C@H](O)C2O)[C@H](O)C1O. The quantitative estimate of drug-likeness (QED) is 0.0958. The predicted molar refractivity (Wildman–Crippen MR) is 129 cm³/mol. The monoisotopic (exact) mass is 574 g/mol. The van der Waals surface area contributed by atoms with E-state index in [4.69, 9.17) is 14.2 Å². The van der Waals surface area contributed by atoms with Crippen molar-refractivity contribution in [3.8, 4) is 0 Å². The Morgan fingerprint density at radius 3 is 1.77 bits per heavy atom. The van der Waals surface area contributed by atoms with Crippen LogP contribution in [0.2, 0.25) is 5.32 Å². The Labute approximate surface area is 214 Å². The molecule has 0 aliphatic carbocycles. The van der Waals surface area contributed by atoms with Crippen molar-refractivity contribution in [2.45, 2.75) is 137 Å². The summed E-state index contributed by atoms with van der Waals surface area (Å²) in [6, 6.07) is 0. The number of hydrogen-bond donors (Lipinski definition) is 7. The fourth-order valence-corrected chi connectivity index (χ4v) is 6.96. The first-order valence-corrected chi connectivity index (χ1v) is 15.3. The van der Waals surface area contributed by atoms with Gasteiger partial charge in [0.2, 0.25) is 0 Å². The third-order valence-electron chi connectivity index (χ3n) is 6.74. The topological polar surface area (TPSA) is 169 Å². The maximum absolute atomic E-state index is 10.7. The van der Waals surface area contributed by atoms with Gasteiger partial charge in [-0.15, -0.1) is 0 Å². The van der Waals surface area contributed by atoms with Crippen LogP contribution < -0.4 is 0 Å². The third-order valence-corrected chi connectivity index (χ3v) is 9.35. The summed E-state index contributed by atoms with van der Waals surface area (Å²) in [5.74, 6) is 0. The van der Waals surface area contributed by atoms with Crippen molar-refractivity contribution in [2.24, 2.45) is 0 Å². The van der Waals surface area contributed by atoms with Gasteiger partial charge < -0.3 is 0 Å². The van der Waals surface area contributed by atoms with Crippen LogP contribution in [-0.2, 0) is 14.2 Å². The molecule has 208 valence electrons. The summed E-state index contributed by atoms with van der Waals surface area (Å²) in [6.07, 6.45) is 0.0340. The van der Waals surface area contributed by atoms with E-state index in [0.717, 1.165) is 18.2 Å². The number of aliphatic hydroxyl groups excluding tert-OH is 7. The zero-order valence-corrected chi connectivity index (χ0v) is 22.4. The van der Waals surface area contributed by atoms with Gasteiger partial charge in [-0.05, 0) is 0 Å². The second-order valence-electron chi connectivity index (χ2n) is 9.56. The minimum atomic E-state index is -1.66. The van der Waals surface area contributed by atoms with Crippen LogP contribution in [-0.4, -0.2) is 124 Å². The molecule has 0 spiro atoms. The molecule has 0 bridgehead atoms. The van der Waals surface area contributed by atoms with Crippen LogP contribution in [0.1, 0.15) is 71.1 Å². The molecular weight excluding hydrogens is 527 g/mol. The summed E-state index contributed by atoms with van der Waals surface area (Å²) >= 11 is -0.109. The third kappa shape index (κ3) is 9.42. The van der Waals surface area contributed by atoms with E-state index in [2.05, 4.69) is 6.92 Å². The van der Waals surface area contributed by atoms with Crippen LogP contribution in [0.3, 0.4) is 0 Å². The molecule has 11 heteroatoms. The number of unbranched alkanes of at least 4 members (excludes halogenated alkanes) is 9. The summed E-state index contributed by atoms with van der Waals surface area (Å²) < 4.78 is 16.8. The molecule has 10 nitrogen and oxygen atoms in total. The van der Waals surface area contributed by atoms with Gasteiger partial charge in [-0.3, -0.25) is 0 Å². The Kier molecular flexibility index (Phi) is 15.1. The Hall–Kier alpha value is 0.119. The Morgan fingerprint density at radius 1 is 0.629 bits per heavy atom. The fourth-order valence-electron chi connectivity index (χ4n) is 4.48. The molecule has 2 aliphatic rings. The standard InChI is InChI=1S/C24H46O10Se/c1-2-3-4-5-6-7-8-9-10-11-12-35-24-21(31)19(29)22(16(14-26)33-24)34-23-20(30)18(28)17(27)15(13-25)32-23/h15-31H,2-14H2,1H3/t15?,16?,17-,18+,19-,20?,21?,22-,23-,24+/m1/s1. The molecule has 4 unspecified atom stereocenters. The Bertz CT molecular complexity index is 554. The first-order valence-electron chi connectivity index (χ1n) is 13.1. The van der Waals surface area contributed by atoms with Gasteiger partial charge in [0.1, 0.15) is 0 Å². The number of ether oxygens (including phenoxy) is 3. The van der Waals surface area contributed by atoms with E-state index < -0.39 is 73.3 Å². The van der Waals surface area contributed by atoms with Crippen molar-refractivity contribution in [1.82, 2.24) is 0 Å². The average Bonchev–Trinajstić information content (AvgIpc) is 2.86. The zero-order chi connectivity index (χ0) is 25.8. The van der Waals surface area contributed by atoms with E-state index in [1.165, 1.54) is 51.4 Å². The summed E-state index contributed by atoms with van der Waals surface area (Å²) in [7, 11) is 0. The van der Waals surface area contributed by atoms with E-state index >= 15 is 0 Å². The van der Waals surface area contributed by atoms with Gasteiger partial charge in [0.05, 0.1) is 0 Å². The second kappa shape index (κ2) is 16.9. The van der Waals surface area contributed by atoms with Crippen LogP contribution in [0.4, 0.5) is 0 Å². The number of hydrogen-bond acceptors (Lipinski definition) is 10. The van der Waals surface area contributed by atoms with Crippen molar-refractivity contribution in [3.63, 3.8) is 0 Å². The molecule has 0 saturated carbocycles. The summed E-state index contributed by atoms with van der Waals surface area (Å²) in [6.45, 7) is 1.11. The molecular formula is C24H46O10Se. The average molecular weight is 574 g/mol. The molecule has 2 fully saturated rings. The molecule has 35 heavy (non-hydrogen) atoms. The van der Waals surface area contributed by atoms with Crippen LogP contribution in [0.5, 0.6) is 0 Å². The molecule has 2 rings (SSSR count). The van der Waals surface area contributed by atoms with Gasteiger partial charge in [-0.2, -0.15) is 0 Å². The molecule has 2 saturated heterocycles. The van der Waals surface area contributed by atoms with Crippen molar-refractivity contribution >= 4 is 15.0 Å². The van der Waals surface area contributed by atoms with E-state index in [9.17, 15) is 35.7 Å². The molecule has 7 N–H and O–H groups in total. The van der Waals surface area contributed by atoms with Crippen LogP contribution in [0.25, 0.3) is 0 Å². The van der Waals surface area contributed by atoms with Crippen molar-refractivity contribution in [2.75, 3.05) is 13.2 Å². The van der Waals surface area contributed by atoms with Gasteiger partial charge in [0.25, 0.3) is 0 Å². The summed E-state index contributed by atoms with van der Waals surface area (Å²) in [5.41, 5.74) is 0. The van der Waals surface area contributed by atoms with Crippen molar-refractivity contribution in [3.05, 3.63) is 0 Å². The molecule has 0 aromatic heterocycles. The fraction of sp³-hybridized carbons (Fsp3) is 1.00. The van der Waals surface area contributed by atoms with E-state index in [0.29, 0.717) is 0 Å². The molecule has 0 radical (unpaired) electrons. The zero-order valence-electron chi connectivity index (χ0n) is 20.7. The Balaban J connectivity index is 1.74. The van der Waals surface area contributed by atoms with Crippen LogP contribution in [0, 0.1) is 0 Å². The van der Waals surface area contributed by atoms with Crippen molar-refractivity contribution < 1.29 is 50.0 Å². The van der Waals surface area contributed by atoms with Crippen LogP contribution in [0.15, 0.2) is 0 Å². The van der Waals surface area contributed by atoms with Gasteiger partial charge in [0, 0.05) is 0 Å². The van der Waals surface area contributed by atoms with Gasteiger partial charge in [0.15, 0.2) is 0 Å². The summed E-state index contributed by atoms with van der Waals surface area (Å²) in [5, 5.41) is 70.8. The normalized spacial score (nSPS) is 38.1. The number of rotatable bonds is 16. The molecule has 2 aliphatic heterocycles. The van der Waals surface area contributed by atoms with Gasteiger partial charge in [-0.25, -0.2) is 0 Å². The second-order valence-corrected chi connectivity index (χ2v) is 12.1. The first kappa shape index (κ1) is 31.3. The van der Waals surface area contributed by atoms with Gasteiger partial charge in [-0.1, -0.05) is 0 Å². The van der Waals surface area contributed by atoms with Gasteiger partial charge >= 0.3 is 215 Å². The van der Waals surface area contributed by atoms with E-state index in [-0.39, 0.29) is 15.0 Å². The maximum atomic E-state index is 10.7. The first-order chi connectivity index (χ1) is 16.8. The van der Waals surface area contributed by atoms with Crippen molar-refractivity contribution in [1.29, 1.82) is 0 Å². The molecule has 2 heterocycles. The molecule has 0 amide bonds. The van der Waals surface area contributed by atoms with E-state index in [1.54, 1.807) is 0 Å². The summed E-state index contributed by atoms with van der Waals surface area (Å²) in [4.78, 5) is 0. The minimum absolute atomic E-state index is 0.109. The predicted octanol–water partition coefficient (Wildman–Crippen LogP) is -0.346. The molecule has 10 atom stereocenters. The number of aliphatic hydroxyl groups is 7.